The van der Waals surface area contributed by atoms with Gasteiger partial charge < -0.3 is 15.3 Å². The maximum atomic E-state index is 11.7. The van der Waals surface area contributed by atoms with Crippen LogP contribution in [0, 0.1) is 5.92 Å². The lowest BCUT2D eigenvalue weighted by molar-refractivity contribution is -0.122. The zero-order chi connectivity index (χ0) is 12.8. The standard InChI is InChI=1S/C11H19N3O3/c1-14(2)7-12-10(15)8-3-5-9(6-4-8)13-11(16)17/h7-9,13H,3-6H2,1-2H3,(H,16,17)/b12-7+/t8-,9-. The van der Waals surface area contributed by atoms with Crippen molar-refractivity contribution in [2.24, 2.45) is 10.9 Å². The third kappa shape index (κ3) is 4.84. The van der Waals surface area contributed by atoms with Crippen LogP contribution in [0.1, 0.15) is 25.7 Å². The topological polar surface area (TPSA) is 82.0 Å². The predicted molar refractivity (Wildman–Crippen MR) is 64.1 cm³/mol. The van der Waals surface area contributed by atoms with E-state index in [1.54, 1.807) is 4.90 Å². The first-order chi connectivity index (χ1) is 7.99. The molecule has 0 saturated heterocycles. The average molecular weight is 241 g/mol. The van der Waals surface area contributed by atoms with Crippen LogP contribution in [0.25, 0.3) is 0 Å². The first-order valence-corrected chi connectivity index (χ1v) is 5.73. The van der Waals surface area contributed by atoms with Crippen LogP contribution in [0.15, 0.2) is 4.99 Å². The normalized spacial score (nSPS) is 24.6. The lowest BCUT2D eigenvalue weighted by atomic mass is 9.85. The highest BCUT2D eigenvalue weighted by Gasteiger charge is 2.26. The van der Waals surface area contributed by atoms with E-state index < -0.39 is 6.09 Å². The van der Waals surface area contributed by atoms with Crippen LogP contribution in [0.2, 0.25) is 0 Å². The highest BCUT2D eigenvalue weighted by molar-refractivity contribution is 5.86. The summed E-state index contributed by atoms with van der Waals surface area (Å²) in [6.07, 6.45) is 3.33. The first-order valence-electron chi connectivity index (χ1n) is 5.73. The summed E-state index contributed by atoms with van der Waals surface area (Å²) in [7, 11) is 3.62. The summed E-state index contributed by atoms with van der Waals surface area (Å²) in [5.74, 6) is -0.162. The van der Waals surface area contributed by atoms with Crippen molar-refractivity contribution in [3.05, 3.63) is 0 Å². The van der Waals surface area contributed by atoms with E-state index in [2.05, 4.69) is 10.3 Å². The van der Waals surface area contributed by atoms with E-state index in [1.165, 1.54) is 6.34 Å². The molecule has 0 atom stereocenters. The van der Waals surface area contributed by atoms with Gasteiger partial charge in [0.25, 0.3) is 0 Å². The van der Waals surface area contributed by atoms with Crippen molar-refractivity contribution in [3.8, 4) is 0 Å². The molecule has 0 aromatic heterocycles. The number of hydrogen-bond donors (Lipinski definition) is 2. The van der Waals surface area contributed by atoms with E-state index in [0.29, 0.717) is 25.7 Å². The van der Waals surface area contributed by atoms with E-state index in [1.807, 2.05) is 14.1 Å². The van der Waals surface area contributed by atoms with Gasteiger partial charge in [-0.25, -0.2) is 9.79 Å². The smallest absolute Gasteiger partial charge is 0.404 e. The third-order valence-corrected chi connectivity index (χ3v) is 2.82. The molecular formula is C11H19N3O3. The summed E-state index contributed by atoms with van der Waals surface area (Å²) in [4.78, 5) is 27.7. The molecule has 0 aromatic carbocycles. The molecule has 96 valence electrons. The van der Waals surface area contributed by atoms with Crippen molar-refractivity contribution in [2.45, 2.75) is 31.7 Å². The Kier molecular flexibility index (Phi) is 4.93. The second kappa shape index (κ2) is 6.22. The molecule has 0 spiro atoms. The quantitative estimate of drug-likeness (QED) is 0.569. The van der Waals surface area contributed by atoms with Crippen molar-refractivity contribution in [2.75, 3.05) is 14.1 Å². The molecule has 2 amide bonds. The number of nitrogens with zero attached hydrogens (tertiary/aromatic N) is 2. The van der Waals surface area contributed by atoms with Crippen molar-refractivity contribution >= 4 is 18.3 Å². The summed E-state index contributed by atoms with van der Waals surface area (Å²) >= 11 is 0. The van der Waals surface area contributed by atoms with Crippen LogP contribution < -0.4 is 5.32 Å². The van der Waals surface area contributed by atoms with Crippen molar-refractivity contribution in [1.29, 1.82) is 0 Å². The van der Waals surface area contributed by atoms with Gasteiger partial charge in [-0.2, -0.15) is 0 Å². The van der Waals surface area contributed by atoms with E-state index in [-0.39, 0.29) is 17.9 Å². The fourth-order valence-electron chi connectivity index (χ4n) is 1.94. The van der Waals surface area contributed by atoms with Gasteiger partial charge in [-0.15, -0.1) is 0 Å². The van der Waals surface area contributed by atoms with Gasteiger partial charge in [0.1, 0.15) is 0 Å². The molecule has 0 radical (unpaired) electrons. The number of carbonyl (C=O) groups excluding carboxylic acids is 1. The van der Waals surface area contributed by atoms with Gasteiger partial charge in [0.2, 0.25) is 5.91 Å². The van der Waals surface area contributed by atoms with Crippen LogP contribution in [0.4, 0.5) is 4.79 Å². The van der Waals surface area contributed by atoms with Gasteiger partial charge in [-0.1, -0.05) is 0 Å². The maximum Gasteiger partial charge on any atom is 0.404 e. The minimum Gasteiger partial charge on any atom is -0.465 e. The predicted octanol–water partition coefficient (Wildman–Crippen LogP) is 0.929. The Morgan fingerprint density at radius 3 is 2.35 bits per heavy atom. The fourth-order valence-corrected chi connectivity index (χ4v) is 1.94. The zero-order valence-electron chi connectivity index (χ0n) is 10.2. The van der Waals surface area contributed by atoms with E-state index in [0.717, 1.165) is 0 Å². The SMILES string of the molecule is CN(C)/C=N/C(=O)[C@H]1CC[C@H](NC(=O)O)CC1. The molecule has 0 heterocycles. The fraction of sp³-hybridized carbons (Fsp3) is 0.727. The van der Waals surface area contributed by atoms with E-state index in [4.69, 9.17) is 5.11 Å². The lowest BCUT2D eigenvalue weighted by Gasteiger charge is -2.26. The Morgan fingerprint density at radius 2 is 1.88 bits per heavy atom. The van der Waals surface area contributed by atoms with Gasteiger partial charge in [0.05, 0.1) is 6.34 Å². The van der Waals surface area contributed by atoms with Crippen LogP contribution in [-0.2, 0) is 4.79 Å². The number of rotatable bonds is 3. The molecule has 2 N–H and O–H groups in total. The van der Waals surface area contributed by atoms with Gasteiger partial charge in [-0.05, 0) is 25.7 Å². The lowest BCUT2D eigenvalue weighted by Crippen LogP contribution is -2.37. The number of carboxylic acid groups (broad SMARTS) is 1. The number of aliphatic imine (C=N–C) groups is 1. The van der Waals surface area contributed by atoms with E-state index in [9.17, 15) is 9.59 Å². The van der Waals surface area contributed by atoms with Crippen LogP contribution >= 0.6 is 0 Å². The Balaban J connectivity index is 2.36. The first kappa shape index (κ1) is 13.5. The monoisotopic (exact) mass is 241 g/mol. The summed E-state index contributed by atoms with van der Waals surface area (Å²) in [5.41, 5.74) is 0. The van der Waals surface area contributed by atoms with Gasteiger partial charge in [0.15, 0.2) is 0 Å². The molecule has 0 aromatic rings. The molecule has 0 bridgehead atoms. The molecule has 1 aliphatic rings. The van der Waals surface area contributed by atoms with Gasteiger partial charge in [0, 0.05) is 26.1 Å². The van der Waals surface area contributed by atoms with Gasteiger partial charge >= 0.3 is 6.09 Å². The number of hydrogen-bond acceptors (Lipinski definition) is 2. The zero-order valence-corrected chi connectivity index (χ0v) is 10.2. The summed E-state index contributed by atoms with van der Waals surface area (Å²) in [6, 6.07) is -0.0191. The third-order valence-electron chi connectivity index (χ3n) is 2.82. The highest BCUT2D eigenvalue weighted by Crippen LogP contribution is 2.25. The molecule has 1 fully saturated rings. The van der Waals surface area contributed by atoms with Crippen molar-refractivity contribution < 1.29 is 14.7 Å². The average Bonchev–Trinajstić information content (AvgIpc) is 2.26. The highest BCUT2D eigenvalue weighted by atomic mass is 16.4. The Bertz CT molecular complexity index is 307. The largest absolute Gasteiger partial charge is 0.465 e. The van der Waals surface area contributed by atoms with E-state index >= 15 is 0 Å². The van der Waals surface area contributed by atoms with Crippen molar-refractivity contribution in [3.63, 3.8) is 0 Å². The van der Waals surface area contributed by atoms with Crippen LogP contribution in [0.3, 0.4) is 0 Å². The summed E-state index contributed by atoms with van der Waals surface area (Å²) in [6.45, 7) is 0. The molecule has 6 heteroatoms. The Hall–Kier alpha value is -1.59. The summed E-state index contributed by atoms with van der Waals surface area (Å²) in [5, 5.41) is 11.0. The maximum absolute atomic E-state index is 11.7. The second-order valence-electron chi connectivity index (χ2n) is 4.54. The number of amides is 2. The Labute approximate surface area is 101 Å². The molecular weight excluding hydrogens is 222 g/mol. The number of nitrogens with one attached hydrogen (secondary N) is 1. The van der Waals surface area contributed by atoms with Crippen molar-refractivity contribution in [1.82, 2.24) is 10.2 Å². The van der Waals surface area contributed by atoms with Crippen LogP contribution in [-0.4, -0.2) is 48.5 Å². The van der Waals surface area contributed by atoms with Crippen LogP contribution in [0.5, 0.6) is 0 Å². The molecule has 1 aliphatic carbocycles. The second-order valence-corrected chi connectivity index (χ2v) is 4.54. The molecule has 1 rings (SSSR count). The molecule has 0 unspecified atom stereocenters. The van der Waals surface area contributed by atoms with Gasteiger partial charge in [-0.3, -0.25) is 4.79 Å². The minimum absolute atomic E-state index is 0.0191. The minimum atomic E-state index is -0.995. The Morgan fingerprint density at radius 1 is 1.29 bits per heavy atom. The molecule has 0 aliphatic heterocycles. The number of carbonyl (C=O) groups is 2. The summed E-state index contributed by atoms with van der Waals surface area (Å²) < 4.78 is 0. The molecule has 1 saturated carbocycles. The molecule has 6 nitrogen and oxygen atoms in total. The molecule has 17 heavy (non-hydrogen) atoms.